The van der Waals surface area contributed by atoms with Crippen molar-refractivity contribution >= 4 is 46.4 Å². The van der Waals surface area contributed by atoms with Gasteiger partial charge in [-0.25, -0.2) is 0 Å². The molecule has 1 N–H and O–H groups in total. The number of halogens is 3. The zero-order valence-electron chi connectivity index (χ0n) is 9.11. The lowest BCUT2D eigenvalue weighted by Crippen LogP contribution is -2.35. The fourth-order valence-electron chi connectivity index (χ4n) is 1.45. The van der Waals surface area contributed by atoms with Gasteiger partial charge in [0.25, 0.3) is 9.70 Å². The topological polar surface area (TPSA) is 59.3 Å². The van der Waals surface area contributed by atoms with Gasteiger partial charge in [-0.2, -0.15) is 0 Å². The zero-order valence-corrected chi connectivity index (χ0v) is 11.4. The fourth-order valence-corrected chi connectivity index (χ4v) is 1.65. The molecule has 2 aromatic rings. The van der Waals surface area contributed by atoms with Gasteiger partial charge in [-0.3, -0.25) is 9.20 Å². The summed E-state index contributed by atoms with van der Waals surface area (Å²) in [6, 6.07) is 5.59. The van der Waals surface area contributed by atoms with E-state index in [9.17, 15) is 4.79 Å². The molecule has 18 heavy (non-hydrogen) atoms. The first kappa shape index (κ1) is 13.4. The number of hydrogen-bond donors (Lipinski definition) is 1. The van der Waals surface area contributed by atoms with Gasteiger partial charge in [0.2, 0.25) is 0 Å². The molecule has 0 saturated carbocycles. The van der Waals surface area contributed by atoms with Crippen LogP contribution in [-0.2, 0) is 11.2 Å². The molecule has 0 unspecified atom stereocenters. The highest BCUT2D eigenvalue weighted by Crippen LogP contribution is 2.25. The van der Waals surface area contributed by atoms with Crippen molar-refractivity contribution in [3.05, 3.63) is 30.2 Å². The Bertz CT molecular complexity index is 563. The maximum atomic E-state index is 11.3. The van der Waals surface area contributed by atoms with Gasteiger partial charge in [-0.1, -0.05) is 40.9 Å². The Morgan fingerprint density at radius 1 is 1.33 bits per heavy atom. The quantitative estimate of drug-likeness (QED) is 0.879. The highest BCUT2D eigenvalue weighted by molar-refractivity contribution is 6.76. The number of rotatable bonds is 3. The van der Waals surface area contributed by atoms with Crippen molar-refractivity contribution in [1.29, 1.82) is 0 Å². The van der Waals surface area contributed by atoms with Crippen LogP contribution in [0.5, 0.6) is 0 Å². The molecule has 0 radical (unpaired) electrons. The third kappa shape index (κ3) is 3.04. The Morgan fingerprint density at radius 2 is 2.11 bits per heavy atom. The third-order valence-electron chi connectivity index (χ3n) is 2.28. The molecular formula is C10H9Cl3N4O. The van der Waals surface area contributed by atoms with Gasteiger partial charge in [-0.15, -0.1) is 10.2 Å². The number of nitrogens with one attached hydrogen (secondary N) is 1. The van der Waals surface area contributed by atoms with Crippen molar-refractivity contribution in [2.75, 3.05) is 6.54 Å². The van der Waals surface area contributed by atoms with Crippen molar-refractivity contribution in [2.45, 2.75) is 10.2 Å². The molecule has 2 aromatic heterocycles. The third-order valence-corrected chi connectivity index (χ3v) is 2.79. The van der Waals surface area contributed by atoms with Crippen LogP contribution in [-0.4, -0.2) is 30.8 Å². The second-order valence-electron chi connectivity index (χ2n) is 3.55. The summed E-state index contributed by atoms with van der Waals surface area (Å²) in [4.78, 5) is 11.3. The second-order valence-corrected chi connectivity index (χ2v) is 5.83. The van der Waals surface area contributed by atoms with Crippen molar-refractivity contribution in [3.8, 4) is 0 Å². The summed E-state index contributed by atoms with van der Waals surface area (Å²) in [5.74, 6) is 0.0801. The fraction of sp³-hybridized carbons (Fsp3) is 0.300. The summed E-state index contributed by atoms with van der Waals surface area (Å²) < 4.78 is -0.103. The van der Waals surface area contributed by atoms with Crippen LogP contribution in [0.3, 0.4) is 0 Å². The summed E-state index contributed by atoms with van der Waals surface area (Å²) >= 11 is 16.3. The standard InChI is InChI=1S/C10H9Cl3N4O/c11-10(12,13)9(18)14-5-4-8-16-15-7-3-1-2-6-17(7)8/h1-3,6H,4-5H2,(H,14,18). The van der Waals surface area contributed by atoms with Crippen molar-refractivity contribution in [2.24, 2.45) is 0 Å². The molecule has 0 spiro atoms. The molecule has 8 heteroatoms. The summed E-state index contributed by atoms with van der Waals surface area (Å²) in [5.41, 5.74) is 0.750. The maximum absolute atomic E-state index is 11.3. The summed E-state index contributed by atoms with van der Waals surface area (Å²) in [6.45, 7) is 0.322. The van der Waals surface area contributed by atoms with Gasteiger partial charge < -0.3 is 5.32 Å². The normalized spacial score (nSPS) is 11.7. The van der Waals surface area contributed by atoms with Crippen molar-refractivity contribution in [3.63, 3.8) is 0 Å². The summed E-state index contributed by atoms with van der Waals surface area (Å²) in [5, 5.41) is 10.5. The lowest BCUT2D eigenvalue weighted by Gasteiger charge is -2.10. The molecule has 2 heterocycles. The Balaban J connectivity index is 1.97. The smallest absolute Gasteiger partial charge is 0.272 e. The van der Waals surface area contributed by atoms with E-state index in [2.05, 4.69) is 15.5 Å². The Kier molecular flexibility index (Phi) is 3.94. The molecule has 0 aliphatic rings. The first-order valence-corrected chi connectivity index (χ1v) is 6.25. The minimum absolute atomic E-state index is 0.322. The molecule has 0 fully saturated rings. The van der Waals surface area contributed by atoms with Crippen LogP contribution in [0.1, 0.15) is 5.82 Å². The highest BCUT2D eigenvalue weighted by Gasteiger charge is 2.30. The zero-order chi connectivity index (χ0) is 13.2. The van der Waals surface area contributed by atoms with Crippen LogP contribution >= 0.6 is 34.8 Å². The van der Waals surface area contributed by atoms with Crippen LogP contribution in [0.2, 0.25) is 0 Å². The van der Waals surface area contributed by atoms with Crippen molar-refractivity contribution in [1.82, 2.24) is 19.9 Å². The number of aromatic nitrogens is 3. The molecule has 5 nitrogen and oxygen atoms in total. The predicted molar refractivity (Wildman–Crippen MR) is 70.0 cm³/mol. The lowest BCUT2D eigenvalue weighted by atomic mass is 10.4. The molecule has 0 atom stereocenters. The van der Waals surface area contributed by atoms with E-state index in [0.717, 1.165) is 11.5 Å². The van der Waals surface area contributed by atoms with Crippen molar-refractivity contribution < 1.29 is 4.79 Å². The van der Waals surface area contributed by atoms with E-state index in [1.807, 2.05) is 28.8 Å². The average molecular weight is 308 g/mol. The molecule has 0 aliphatic carbocycles. The van der Waals surface area contributed by atoms with E-state index >= 15 is 0 Å². The number of pyridine rings is 1. The lowest BCUT2D eigenvalue weighted by molar-refractivity contribution is -0.120. The summed E-state index contributed by atoms with van der Waals surface area (Å²) in [7, 11) is 0. The molecule has 2 rings (SSSR count). The molecule has 1 amide bonds. The SMILES string of the molecule is O=C(NCCc1nnc2ccccn12)C(Cl)(Cl)Cl. The summed E-state index contributed by atoms with van der Waals surface area (Å²) in [6.07, 6.45) is 2.35. The first-order chi connectivity index (χ1) is 8.48. The van der Waals surface area contributed by atoms with Gasteiger partial charge in [0.05, 0.1) is 0 Å². The van der Waals surface area contributed by atoms with Crippen LogP contribution in [0.15, 0.2) is 24.4 Å². The van der Waals surface area contributed by atoms with Crippen LogP contribution in [0.4, 0.5) is 0 Å². The second kappa shape index (κ2) is 5.30. The Hall–Kier alpha value is -1.04. The molecule has 0 aromatic carbocycles. The number of nitrogens with zero attached hydrogens (tertiary/aromatic N) is 3. The van der Waals surface area contributed by atoms with Gasteiger partial charge >= 0.3 is 0 Å². The van der Waals surface area contributed by atoms with E-state index in [4.69, 9.17) is 34.8 Å². The molecule has 0 aliphatic heterocycles. The van der Waals surface area contributed by atoms with E-state index in [1.165, 1.54) is 0 Å². The number of alkyl halides is 3. The Morgan fingerprint density at radius 3 is 2.83 bits per heavy atom. The number of fused-ring (bicyclic) bond motifs is 1. The average Bonchev–Trinajstić information content (AvgIpc) is 2.71. The minimum Gasteiger partial charge on any atom is -0.352 e. The highest BCUT2D eigenvalue weighted by atomic mass is 35.6. The van der Waals surface area contributed by atoms with Gasteiger partial charge in [0.1, 0.15) is 5.82 Å². The molecular weight excluding hydrogens is 298 g/mol. The van der Waals surface area contributed by atoms with E-state index in [1.54, 1.807) is 0 Å². The minimum atomic E-state index is -1.94. The largest absolute Gasteiger partial charge is 0.352 e. The number of carbonyl (C=O) groups excluding carboxylic acids is 1. The van der Waals surface area contributed by atoms with Gasteiger partial charge in [0.15, 0.2) is 5.65 Å². The maximum Gasteiger partial charge on any atom is 0.272 e. The van der Waals surface area contributed by atoms with E-state index < -0.39 is 9.70 Å². The first-order valence-electron chi connectivity index (χ1n) is 5.12. The number of hydrogen-bond acceptors (Lipinski definition) is 3. The Labute approximate surface area is 118 Å². The van der Waals surface area contributed by atoms with Crippen LogP contribution in [0, 0.1) is 0 Å². The van der Waals surface area contributed by atoms with Crippen LogP contribution in [0.25, 0.3) is 5.65 Å². The molecule has 0 saturated heterocycles. The number of amides is 1. The monoisotopic (exact) mass is 306 g/mol. The predicted octanol–water partition coefficient (Wildman–Crippen LogP) is 1.76. The van der Waals surface area contributed by atoms with Gasteiger partial charge in [0, 0.05) is 19.2 Å². The van der Waals surface area contributed by atoms with E-state index in [0.29, 0.717) is 13.0 Å². The van der Waals surface area contributed by atoms with Crippen LogP contribution < -0.4 is 5.32 Å². The van der Waals surface area contributed by atoms with E-state index in [-0.39, 0.29) is 0 Å². The molecule has 96 valence electrons. The van der Waals surface area contributed by atoms with Gasteiger partial charge in [-0.05, 0) is 12.1 Å². The number of carbonyl (C=O) groups is 1. The molecule has 0 bridgehead atoms.